The molecule has 0 amide bonds. The molecule has 1 aliphatic rings. The maximum absolute atomic E-state index is 11.5. The summed E-state index contributed by atoms with van der Waals surface area (Å²) in [5, 5.41) is 12.6. The second-order valence-corrected chi connectivity index (χ2v) is 6.03. The number of likely N-dealkylation sites (tertiary alicyclic amines) is 1. The predicted molar refractivity (Wildman–Crippen MR) is 77.5 cm³/mol. The lowest BCUT2D eigenvalue weighted by Crippen LogP contribution is -2.58. The van der Waals surface area contributed by atoms with E-state index < -0.39 is 11.5 Å². The lowest BCUT2D eigenvalue weighted by Gasteiger charge is -2.39. The van der Waals surface area contributed by atoms with Crippen LogP contribution in [0.15, 0.2) is 0 Å². The van der Waals surface area contributed by atoms with Crippen molar-refractivity contribution in [2.24, 2.45) is 0 Å². The van der Waals surface area contributed by atoms with Crippen LogP contribution in [-0.2, 0) is 4.79 Å². The van der Waals surface area contributed by atoms with Crippen molar-refractivity contribution in [2.45, 2.75) is 44.7 Å². The minimum atomic E-state index is -0.832. The first-order valence-corrected chi connectivity index (χ1v) is 7.26. The minimum absolute atomic E-state index is 0.586. The van der Waals surface area contributed by atoms with Crippen molar-refractivity contribution in [3.05, 3.63) is 0 Å². The third-order valence-corrected chi connectivity index (χ3v) is 4.06. The van der Waals surface area contributed by atoms with Crippen molar-refractivity contribution in [3.63, 3.8) is 0 Å². The van der Waals surface area contributed by atoms with Gasteiger partial charge in [-0.25, -0.2) is 0 Å². The van der Waals surface area contributed by atoms with Crippen LogP contribution in [0.4, 0.5) is 0 Å². The molecule has 5 heteroatoms. The predicted octanol–water partition coefficient (Wildman–Crippen LogP) is 0.855. The number of hydrogen-bond donors (Lipinski definition) is 2. The topological polar surface area (TPSA) is 55.8 Å². The second kappa shape index (κ2) is 7.22. The third-order valence-electron chi connectivity index (χ3n) is 4.06. The Balaban J connectivity index is 2.50. The van der Waals surface area contributed by atoms with E-state index in [1.807, 2.05) is 0 Å². The average molecular weight is 271 g/mol. The molecule has 1 unspecified atom stereocenters. The summed E-state index contributed by atoms with van der Waals surface area (Å²) < 4.78 is 0. The molecule has 0 bridgehead atoms. The molecule has 1 aliphatic heterocycles. The molecule has 0 aromatic carbocycles. The zero-order chi connectivity index (χ0) is 14.5. The van der Waals surface area contributed by atoms with Gasteiger partial charge < -0.3 is 20.2 Å². The van der Waals surface area contributed by atoms with E-state index in [1.54, 1.807) is 6.92 Å². The van der Waals surface area contributed by atoms with E-state index in [0.29, 0.717) is 12.6 Å². The summed E-state index contributed by atoms with van der Waals surface area (Å²) in [6, 6.07) is 0.635. The zero-order valence-electron chi connectivity index (χ0n) is 12.8. The molecule has 0 aromatic rings. The SMILES string of the molecule is CCCNC(C)(CN1CCC(N(C)C)CC1)C(=O)O. The van der Waals surface area contributed by atoms with Crippen LogP contribution in [0.2, 0.25) is 0 Å². The number of nitrogens with zero attached hydrogens (tertiary/aromatic N) is 2. The van der Waals surface area contributed by atoms with Crippen molar-refractivity contribution in [2.75, 3.05) is 40.3 Å². The molecule has 1 atom stereocenters. The summed E-state index contributed by atoms with van der Waals surface area (Å²) in [5.41, 5.74) is -0.832. The van der Waals surface area contributed by atoms with Gasteiger partial charge in [0.1, 0.15) is 5.54 Å². The van der Waals surface area contributed by atoms with Gasteiger partial charge in [-0.2, -0.15) is 0 Å². The van der Waals surface area contributed by atoms with E-state index in [1.165, 1.54) is 0 Å². The number of carboxylic acid groups (broad SMARTS) is 1. The van der Waals surface area contributed by atoms with Crippen LogP contribution in [0.5, 0.6) is 0 Å². The molecule has 1 heterocycles. The fourth-order valence-electron chi connectivity index (χ4n) is 2.64. The Morgan fingerprint density at radius 3 is 2.42 bits per heavy atom. The lowest BCUT2D eigenvalue weighted by atomic mass is 9.98. The number of nitrogens with one attached hydrogen (secondary N) is 1. The molecule has 0 aliphatic carbocycles. The summed E-state index contributed by atoms with van der Waals surface area (Å²) in [7, 11) is 4.23. The van der Waals surface area contributed by atoms with Crippen LogP contribution in [0.3, 0.4) is 0 Å². The molecule has 1 fully saturated rings. The molecule has 112 valence electrons. The van der Waals surface area contributed by atoms with E-state index in [9.17, 15) is 9.90 Å². The number of carbonyl (C=O) groups is 1. The third kappa shape index (κ3) is 4.75. The van der Waals surface area contributed by atoms with Crippen molar-refractivity contribution in [1.82, 2.24) is 15.1 Å². The minimum Gasteiger partial charge on any atom is -0.480 e. The summed E-state index contributed by atoms with van der Waals surface area (Å²) in [6.07, 6.45) is 3.19. The maximum Gasteiger partial charge on any atom is 0.324 e. The summed E-state index contributed by atoms with van der Waals surface area (Å²) in [6.45, 7) is 7.15. The summed E-state index contributed by atoms with van der Waals surface area (Å²) >= 11 is 0. The molecule has 1 saturated heterocycles. The van der Waals surface area contributed by atoms with Gasteiger partial charge in [0.2, 0.25) is 0 Å². The van der Waals surface area contributed by atoms with Gasteiger partial charge in [-0.15, -0.1) is 0 Å². The van der Waals surface area contributed by atoms with E-state index in [-0.39, 0.29) is 0 Å². The zero-order valence-corrected chi connectivity index (χ0v) is 12.8. The first-order chi connectivity index (χ1) is 8.89. The van der Waals surface area contributed by atoms with E-state index >= 15 is 0 Å². The Kier molecular flexibility index (Phi) is 6.23. The molecule has 1 rings (SSSR count). The molecule has 0 aromatic heterocycles. The van der Waals surface area contributed by atoms with Crippen molar-refractivity contribution in [3.8, 4) is 0 Å². The Bertz CT molecular complexity index is 288. The fraction of sp³-hybridized carbons (Fsp3) is 0.929. The molecule has 0 radical (unpaired) electrons. The lowest BCUT2D eigenvalue weighted by molar-refractivity contribution is -0.145. The van der Waals surface area contributed by atoms with Crippen molar-refractivity contribution in [1.29, 1.82) is 0 Å². The Hall–Kier alpha value is -0.650. The standard InChI is InChI=1S/C14H29N3O2/c1-5-8-15-14(2,13(18)19)11-17-9-6-12(7-10-17)16(3)4/h12,15H,5-11H2,1-4H3,(H,18,19). The number of rotatable bonds is 7. The molecule has 5 nitrogen and oxygen atoms in total. The Morgan fingerprint density at radius 1 is 1.42 bits per heavy atom. The van der Waals surface area contributed by atoms with Gasteiger partial charge in [-0.3, -0.25) is 4.79 Å². The average Bonchev–Trinajstić information content (AvgIpc) is 2.36. The molecule has 2 N–H and O–H groups in total. The Labute approximate surface area is 117 Å². The first kappa shape index (κ1) is 16.4. The number of hydrogen-bond acceptors (Lipinski definition) is 4. The largest absolute Gasteiger partial charge is 0.480 e. The first-order valence-electron chi connectivity index (χ1n) is 7.26. The number of piperidine rings is 1. The van der Waals surface area contributed by atoms with Gasteiger partial charge in [-0.05, 0) is 59.9 Å². The van der Waals surface area contributed by atoms with Gasteiger partial charge in [0.15, 0.2) is 0 Å². The highest BCUT2D eigenvalue weighted by molar-refractivity contribution is 5.78. The maximum atomic E-state index is 11.5. The highest BCUT2D eigenvalue weighted by Gasteiger charge is 2.35. The van der Waals surface area contributed by atoms with Crippen LogP contribution < -0.4 is 5.32 Å². The second-order valence-electron chi connectivity index (χ2n) is 6.03. The summed E-state index contributed by atoms with van der Waals surface area (Å²) in [5.74, 6) is -0.754. The summed E-state index contributed by atoms with van der Waals surface area (Å²) in [4.78, 5) is 16.0. The van der Waals surface area contributed by atoms with Gasteiger partial charge in [0.05, 0.1) is 0 Å². The molecular weight excluding hydrogens is 242 g/mol. The quantitative estimate of drug-likeness (QED) is 0.719. The number of carboxylic acids is 1. The van der Waals surface area contributed by atoms with E-state index in [2.05, 4.69) is 36.1 Å². The molecule has 0 spiro atoms. The monoisotopic (exact) mass is 271 g/mol. The van der Waals surface area contributed by atoms with Gasteiger partial charge >= 0.3 is 5.97 Å². The molecular formula is C14H29N3O2. The van der Waals surface area contributed by atoms with Crippen molar-refractivity contribution < 1.29 is 9.90 Å². The molecule has 19 heavy (non-hydrogen) atoms. The Morgan fingerprint density at radius 2 is 2.00 bits per heavy atom. The van der Waals surface area contributed by atoms with Gasteiger partial charge in [0.25, 0.3) is 0 Å². The smallest absolute Gasteiger partial charge is 0.324 e. The normalized spacial score (nSPS) is 21.5. The van der Waals surface area contributed by atoms with Crippen LogP contribution >= 0.6 is 0 Å². The van der Waals surface area contributed by atoms with Crippen LogP contribution in [0.25, 0.3) is 0 Å². The fourth-order valence-corrected chi connectivity index (χ4v) is 2.64. The van der Waals surface area contributed by atoms with Crippen LogP contribution in [-0.4, -0.2) is 72.7 Å². The van der Waals surface area contributed by atoms with Crippen LogP contribution in [0, 0.1) is 0 Å². The highest BCUT2D eigenvalue weighted by Crippen LogP contribution is 2.17. The highest BCUT2D eigenvalue weighted by atomic mass is 16.4. The van der Waals surface area contributed by atoms with E-state index in [0.717, 1.165) is 38.9 Å². The van der Waals surface area contributed by atoms with Gasteiger partial charge in [-0.1, -0.05) is 6.92 Å². The van der Waals surface area contributed by atoms with E-state index in [4.69, 9.17) is 0 Å². The number of aliphatic carboxylic acids is 1. The van der Waals surface area contributed by atoms with Crippen molar-refractivity contribution >= 4 is 5.97 Å². The van der Waals surface area contributed by atoms with Gasteiger partial charge in [0, 0.05) is 12.6 Å². The molecule has 0 saturated carbocycles. The van der Waals surface area contributed by atoms with Crippen LogP contribution in [0.1, 0.15) is 33.1 Å².